The molecule has 0 aliphatic carbocycles. The molecule has 0 aromatic heterocycles. The average Bonchev–Trinajstić information content (AvgIpc) is 3.01. The van der Waals surface area contributed by atoms with Crippen LogP contribution >= 0.6 is 11.6 Å². The molecule has 0 spiro atoms. The highest BCUT2D eigenvalue weighted by atomic mass is 35.5. The van der Waals surface area contributed by atoms with Gasteiger partial charge < -0.3 is 9.87 Å². The normalized spacial score (nSPS) is 23.2. The third-order valence-electron chi connectivity index (χ3n) is 4.60. The minimum atomic E-state index is -3.54. The summed E-state index contributed by atoms with van der Waals surface area (Å²) in [6, 6.07) is 16.1. The van der Waals surface area contributed by atoms with Gasteiger partial charge in [-0.15, -0.1) is 0 Å². The van der Waals surface area contributed by atoms with E-state index in [1.807, 2.05) is 18.2 Å². The van der Waals surface area contributed by atoms with E-state index in [1.54, 1.807) is 12.1 Å². The predicted molar refractivity (Wildman–Crippen MR) is 107 cm³/mol. The summed E-state index contributed by atoms with van der Waals surface area (Å²) in [7, 11) is -3.54. The van der Waals surface area contributed by atoms with Crippen molar-refractivity contribution >= 4 is 32.6 Å². The van der Waals surface area contributed by atoms with Gasteiger partial charge in [0, 0.05) is 5.02 Å². The number of sulfone groups is 1. The summed E-state index contributed by atoms with van der Waals surface area (Å²) in [6.07, 6.45) is 1.83. The fourth-order valence-electron chi connectivity index (χ4n) is 3.19. The van der Waals surface area contributed by atoms with Gasteiger partial charge in [0.25, 0.3) is 0 Å². The molecule has 140 valence electrons. The maximum atomic E-state index is 12.9. The van der Waals surface area contributed by atoms with Crippen molar-refractivity contribution in [3.05, 3.63) is 65.2 Å². The topological polar surface area (TPSA) is 69.2 Å². The van der Waals surface area contributed by atoms with E-state index in [2.05, 4.69) is 17.4 Å². The van der Waals surface area contributed by atoms with Gasteiger partial charge >= 0.3 is 0 Å². The van der Waals surface area contributed by atoms with E-state index in [-0.39, 0.29) is 16.7 Å². The second-order valence-corrected chi connectivity index (χ2v) is 10.6. The summed E-state index contributed by atoms with van der Waals surface area (Å²) in [5.74, 6) is 0.560. The molecular formula is C19H22ClNO3S2. The lowest BCUT2D eigenvalue weighted by molar-refractivity contribution is 0.520. The summed E-state index contributed by atoms with van der Waals surface area (Å²) in [5.41, 5.74) is 1.26. The molecule has 1 saturated heterocycles. The molecule has 3 atom stereocenters. The lowest BCUT2D eigenvalue weighted by Gasteiger charge is -2.18. The third kappa shape index (κ3) is 4.81. The van der Waals surface area contributed by atoms with Gasteiger partial charge in [0.05, 0.1) is 10.9 Å². The van der Waals surface area contributed by atoms with E-state index in [4.69, 9.17) is 11.6 Å². The molecule has 0 radical (unpaired) electrons. The van der Waals surface area contributed by atoms with E-state index >= 15 is 0 Å². The summed E-state index contributed by atoms with van der Waals surface area (Å²) >= 11 is 4.74. The first-order valence-corrected chi connectivity index (χ1v) is 12.0. The maximum absolute atomic E-state index is 12.9. The predicted octanol–water partition coefficient (Wildman–Crippen LogP) is 2.84. The Kier molecular flexibility index (Phi) is 6.64. The van der Waals surface area contributed by atoms with E-state index in [1.165, 1.54) is 17.7 Å². The van der Waals surface area contributed by atoms with Gasteiger partial charge in [0.1, 0.15) is 16.8 Å². The Hall–Kier alpha value is -1.05. The molecule has 3 rings (SSSR count). The second kappa shape index (κ2) is 8.76. The molecule has 0 saturated carbocycles. The van der Waals surface area contributed by atoms with E-state index in [0.717, 1.165) is 12.8 Å². The Balaban J connectivity index is 1.62. The van der Waals surface area contributed by atoms with Crippen LogP contribution in [-0.2, 0) is 27.4 Å². The summed E-state index contributed by atoms with van der Waals surface area (Å²) < 4.78 is 37.9. The van der Waals surface area contributed by atoms with Crippen LogP contribution in [0.15, 0.2) is 59.5 Å². The lowest BCUT2D eigenvalue weighted by Crippen LogP contribution is -2.43. The molecule has 0 amide bonds. The Morgan fingerprint density at radius 1 is 1.08 bits per heavy atom. The van der Waals surface area contributed by atoms with Gasteiger partial charge in [-0.3, -0.25) is 0 Å². The number of rotatable bonds is 7. The first-order valence-electron chi connectivity index (χ1n) is 8.58. The van der Waals surface area contributed by atoms with Crippen molar-refractivity contribution in [3.63, 3.8) is 0 Å². The van der Waals surface area contributed by atoms with Crippen LogP contribution in [0.2, 0.25) is 5.02 Å². The number of nitrogens with one attached hydrogen (secondary N) is 1. The minimum absolute atomic E-state index is 0.182. The maximum Gasteiger partial charge on any atom is 0.187 e. The lowest BCUT2D eigenvalue weighted by atomic mass is 10.1. The monoisotopic (exact) mass is 411 g/mol. The van der Waals surface area contributed by atoms with Crippen molar-refractivity contribution in [1.29, 1.82) is 0 Å². The van der Waals surface area contributed by atoms with Crippen molar-refractivity contribution in [2.45, 2.75) is 29.0 Å². The Labute approximate surface area is 163 Å². The summed E-state index contributed by atoms with van der Waals surface area (Å²) in [4.78, 5) is 0.238. The zero-order chi connectivity index (χ0) is 18.6. The molecule has 7 heteroatoms. The van der Waals surface area contributed by atoms with Gasteiger partial charge in [-0.1, -0.05) is 53.1 Å². The Morgan fingerprint density at radius 3 is 2.46 bits per heavy atom. The molecule has 2 aromatic rings. The number of halogens is 1. The second-order valence-electron chi connectivity index (χ2n) is 6.46. The smallest absolute Gasteiger partial charge is 0.187 e. The molecule has 1 aliphatic heterocycles. The average molecular weight is 412 g/mol. The van der Waals surface area contributed by atoms with Crippen LogP contribution < -0.4 is 5.32 Å². The third-order valence-corrected chi connectivity index (χ3v) is 8.74. The first-order chi connectivity index (χ1) is 12.5. The van der Waals surface area contributed by atoms with E-state index in [9.17, 15) is 13.0 Å². The fourth-order valence-corrected chi connectivity index (χ4v) is 7.59. The molecule has 2 aromatic carbocycles. The SMILES string of the molecule is O=S(=O)(c1ccc(Cl)cc1)[C@H]1C[S+]([O-])C[C@@H]1NCCCc1ccccc1. The highest BCUT2D eigenvalue weighted by Crippen LogP contribution is 2.26. The number of aryl methyl sites for hydroxylation is 1. The summed E-state index contributed by atoms with van der Waals surface area (Å²) in [6.45, 7) is 0.698. The van der Waals surface area contributed by atoms with Crippen molar-refractivity contribution in [2.75, 3.05) is 18.1 Å². The standard InChI is InChI=1S/C19H22ClNO3S2/c20-16-8-10-17(11-9-16)26(23,24)19-14-25(22)13-18(19)21-12-4-7-15-5-2-1-3-6-15/h1-3,5-6,8-11,18-19,21H,4,7,12-14H2/t18-,19-,25?/m0/s1. The molecule has 1 fully saturated rings. The highest BCUT2D eigenvalue weighted by molar-refractivity contribution is 7.96. The Bertz CT molecular complexity index is 812. The number of hydrogen-bond donors (Lipinski definition) is 1. The van der Waals surface area contributed by atoms with Gasteiger partial charge in [0.2, 0.25) is 0 Å². The van der Waals surface area contributed by atoms with Crippen LogP contribution in [-0.4, -0.2) is 42.3 Å². The van der Waals surface area contributed by atoms with Crippen molar-refractivity contribution in [2.24, 2.45) is 0 Å². The molecule has 1 heterocycles. The molecule has 26 heavy (non-hydrogen) atoms. The zero-order valence-corrected chi connectivity index (χ0v) is 16.7. The molecule has 1 unspecified atom stereocenters. The van der Waals surface area contributed by atoms with Gasteiger partial charge in [0.15, 0.2) is 9.84 Å². The van der Waals surface area contributed by atoms with Gasteiger partial charge in [-0.25, -0.2) is 8.42 Å². The van der Waals surface area contributed by atoms with Crippen molar-refractivity contribution in [3.8, 4) is 0 Å². The van der Waals surface area contributed by atoms with Crippen LogP contribution in [0.5, 0.6) is 0 Å². The largest absolute Gasteiger partial charge is 0.616 e. The molecular weight excluding hydrogens is 390 g/mol. The van der Waals surface area contributed by atoms with Crippen LogP contribution in [0.25, 0.3) is 0 Å². The minimum Gasteiger partial charge on any atom is -0.616 e. The van der Waals surface area contributed by atoms with E-state index in [0.29, 0.717) is 17.3 Å². The summed E-state index contributed by atoms with van der Waals surface area (Å²) in [5, 5.41) is 3.15. The van der Waals surface area contributed by atoms with Crippen molar-refractivity contribution < 1.29 is 13.0 Å². The zero-order valence-electron chi connectivity index (χ0n) is 14.3. The van der Waals surface area contributed by atoms with Crippen LogP contribution in [0.1, 0.15) is 12.0 Å². The van der Waals surface area contributed by atoms with Crippen molar-refractivity contribution in [1.82, 2.24) is 5.32 Å². The van der Waals surface area contributed by atoms with Gasteiger partial charge in [-0.05, 0) is 49.2 Å². The molecule has 4 nitrogen and oxygen atoms in total. The number of hydrogen-bond acceptors (Lipinski definition) is 4. The highest BCUT2D eigenvalue weighted by Gasteiger charge is 2.45. The van der Waals surface area contributed by atoms with E-state index < -0.39 is 26.3 Å². The molecule has 1 N–H and O–H groups in total. The first kappa shape index (κ1) is 19.7. The quantitative estimate of drug-likeness (QED) is 0.561. The van der Waals surface area contributed by atoms with Crippen LogP contribution in [0.4, 0.5) is 0 Å². The number of benzene rings is 2. The van der Waals surface area contributed by atoms with Crippen LogP contribution in [0, 0.1) is 0 Å². The Morgan fingerprint density at radius 2 is 1.77 bits per heavy atom. The molecule has 1 aliphatic rings. The van der Waals surface area contributed by atoms with Crippen LogP contribution in [0.3, 0.4) is 0 Å². The van der Waals surface area contributed by atoms with Gasteiger partial charge in [-0.2, -0.15) is 0 Å². The fraction of sp³-hybridized carbons (Fsp3) is 0.368. The molecule has 0 bridgehead atoms.